The SMILES string of the molecule is CCCCCCNc1nc2c(Br)c(F)ccc2nc1C. The molecule has 3 nitrogen and oxygen atoms in total. The van der Waals surface area contributed by atoms with E-state index in [4.69, 9.17) is 0 Å². The van der Waals surface area contributed by atoms with Crippen molar-refractivity contribution in [2.45, 2.75) is 39.5 Å². The van der Waals surface area contributed by atoms with Gasteiger partial charge in [-0.2, -0.15) is 0 Å². The van der Waals surface area contributed by atoms with Gasteiger partial charge < -0.3 is 5.32 Å². The smallest absolute Gasteiger partial charge is 0.148 e. The number of nitrogens with one attached hydrogen (secondary N) is 1. The Bertz CT molecular complexity index is 601. The van der Waals surface area contributed by atoms with Crippen LogP contribution in [0.25, 0.3) is 11.0 Å². The van der Waals surface area contributed by atoms with Gasteiger partial charge in [-0.15, -0.1) is 0 Å². The number of aromatic nitrogens is 2. The van der Waals surface area contributed by atoms with Crippen molar-refractivity contribution in [3.8, 4) is 0 Å². The summed E-state index contributed by atoms with van der Waals surface area (Å²) in [7, 11) is 0. The van der Waals surface area contributed by atoms with E-state index in [1.807, 2.05) is 6.92 Å². The van der Waals surface area contributed by atoms with E-state index >= 15 is 0 Å². The van der Waals surface area contributed by atoms with Crippen molar-refractivity contribution in [3.05, 3.63) is 28.1 Å². The summed E-state index contributed by atoms with van der Waals surface area (Å²) in [5, 5.41) is 3.29. The van der Waals surface area contributed by atoms with Crippen LogP contribution >= 0.6 is 15.9 Å². The molecule has 0 fully saturated rings. The first kappa shape index (κ1) is 15.2. The molecule has 0 aliphatic heterocycles. The van der Waals surface area contributed by atoms with E-state index in [1.54, 1.807) is 6.07 Å². The molecule has 0 radical (unpaired) electrons. The number of rotatable bonds is 6. The average molecular weight is 340 g/mol. The number of benzene rings is 1. The molecule has 1 aromatic heterocycles. The molecule has 0 saturated carbocycles. The van der Waals surface area contributed by atoms with E-state index in [-0.39, 0.29) is 5.82 Å². The lowest BCUT2D eigenvalue weighted by atomic mass is 10.2. The summed E-state index contributed by atoms with van der Waals surface area (Å²) < 4.78 is 13.9. The normalized spacial score (nSPS) is 11.0. The van der Waals surface area contributed by atoms with Crippen molar-refractivity contribution in [1.82, 2.24) is 9.97 Å². The van der Waals surface area contributed by atoms with Crippen molar-refractivity contribution < 1.29 is 4.39 Å². The number of unbranched alkanes of at least 4 members (excludes halogenated alkanes) is 3. The van der Waals surface area contributed by atoms with E-state index in [2.05, 4.69) is 38.1 Å². The van der Waals surface area contributed by atoms with Crippen LogP contribution in [-0.4, -0.2) is 16.5 Å². The van der Waals surface area contributed by atoms with Gasteiger partial charge in [0.25, 0.3) is 0 Å². The molecule has 0 aliphatic carbocycles. The Morgan fingerprint density at radius 1 is 1.20 bits per heavy atom. The highest BCUT2D eigenvalue weighted by atomic mass is 79.9. The first-order chi connectivity index (χ1) is 9.63. The summed E-state index contributed by atoms with van der Waals surface area (Å²) in [5.41, 5.74) is 2.10. The molecule has 2 rings (SSSR count). The zero-order valence-corrected chi connectivity index (χ0v) is 13.4. The second-order valence-electron chi connectivity index (χ2n) is 4.87. The fourth-order valence-corrected chi connectivity index (χ4v) is 2.50. The van der Waals surface area contributed by atoms with Crippen LogP contribution in [-0.2, 0) is 0 Å². The van der Waals surface area contributed by atoms with E-state index in [1.165, 1.54) is 25.3 Å². The Morgan fingerprint density at radius 2 is 2.00 bits per heavy atom. The molecular weight excluding hydrogens is 321 g/mol. The minimum absolute atomic E-state index is 0.315. The highest BCUT2D eigenvalue weighted by Crippen LogP contribution is 2.26. The van der Waals surface area contributed by atoms with Crippen LogP contribution in [0, 0.1) is 12.7 Å². The lowest BCUT2D eigenvalue weighted by Crippen LogP contribution is -2.07. The molecule has 20 heavy (non-hydrogen) atoms. The summed E-state index contributed by atoms with van der Waals surface area (Å²) in [6.45, 7) is 4.98. The molecule has 1 N–H and O–H groups in total. The lowest BCUT2D eigenvalue weighted by molar-refractivity contribution is 0.623. The van der Waals surface area contributed by atoms with Crippen molar-refractivity contribution in [2.24, 2.45) is 0 Å². The maximum Gasteiger partial charge on any atom is 0.148 e. The van der Waals surface area contributed by atoms with Gasteiger partial charge in [0.15, 0.2) is 0 Å². The highest BCUT2D eigenvalue weighted by Gasteiger charge is 2.10. The zero-order chi connectivity index (χ0) is 14.5. The minimum Gasteiger partial charge on any atom is -0.369 e. The Labute approximate surface area is 127 Å². The van der Waals surface area contributed by atoms with Crippen LogP contribution in [0.5, 0.6) is 0 Å². The molecule has 108 valence electrons. The van der Waals surface area contributed by atoms with Gasteiger partial charge in [0.2, 0.25) is 0 Å². The molecule has 0 amide bonds. The monoisotopic (exact) mass is 339 g/mol. The molecule has 0 unspecified atom stereocenters. The third-order valence-electron chi connectivity index (χ3n) is 3.22. The third kappa shape index (κ3) is 3.45. The number of nitrogens with zero attached hydrogens (tertiary/aromatic N) is 2. The summed E-state index contributed by atoms with van der Waals surface area (Å²) in [5.74, 6) is 0.421. The van der Waals surface area contributed by atoms with Gasteiger partial charge in [-0.3, -0.25) is 0 Å². The van der Waals surface area contributed by atoms with Crippen LogP contribution in [0.3, 0.4) is 0 Å². The molecule has 2 aromatic rings. The van der Waals surface area contributed by atoms with Crippen molar-refractivity contribution in [2.75, 3.05) is 11.9 Å². The first-order valence-electron chi connectivity index (χ1n) is 6.99. The van der Waals surface area contributed by atoms with Gasteiger partial charge >= 0.3 is 0 Å². The van der Waals surface area contributed by atoms with Gasteiger partial charge in [-0.25, -0.2) is 14.4 Å². The Morgan fingerprint density at radius 3 is 2.75 bits per heavy atom. The number of anilines is 1. The predicted octanol–water partition coefficient (Wildman–Crippen LogP) is 4.83. The summed E-state index contributed by atoms with van der Waals surface area (Å²) in [4.78, 5) is 8.96. The van der Waals surface area contributed by atoms with Crippen LogP contribution in [0.15, 0.2) is 16.6 Å². The van der Waals surface area contributed by atoms with E-state index in [0.717, 1.165) is 24.5 Å². The number of aryl methyl sites for hydroxylation is 1. The van der Waals surface area contributed by atoms with Gasteiger partial charge in [0.05, 0.1) is 15.7 Å². The van der Waals surface area contributed by atoms with Crippen LogP contribution in [0.1, 0.15) is 38.3 Å². The average Bonchev–Trinajstić information content (AvgIpc) is 2.44. The topological polar surface area (TPSA) is 37.8 Å². The fourth-order valence-electron chi connectivity index (χ4n) is 2.08. The standard InChI is InChI=1S/C15H19BrFN3/c1-3-4-5-6-9-18-15-10(2)19-12-8-7-11(17)13(16)14(12)20-15/h7-8H,3-6,9H2,1-2H3,(H,18,20). The molecule has 0 saturated heterocycles. The second kappa shape index (κ2) is 6.97. The number of halogens is 2. The first-order valence-corrected chi connectivity index (χ1v) is 7.79. The number of fused-ring (bicyclic) bond motifs is 1. The lowest BCUT2D eigenvalue weighted by Gasteiger charge is -2.10. The largest absolute Gasteiger partial charge is 0.369 e. The van der Waals surface area contributed by atoms with E-state index in [0.29, 0.717) is 15.5 Å². The van der Waals surface area contributed by atoms with E-state index in [9.17, 15) is 4.39 Å². The van der Waals surface area contributed by atoms with Crippen LogP contribution in [0.2, 0.25) is 0 Å². The molecule has 0 atom stereocenters. The molecule has 1 heterocycles. The molecule has 0 aliphatic rings. The molecule has 0 spiro atoms. The fraction of sp³-hybridized carbons (Fsp3) is 0.467. The minimum atomic E-state index is -0.315. The van der Waals surface area contributed by atoms with Gasteiger partial charge in [0.1, 0.15) is 17.2 Å². The Kier molecular flexibility index (Phi) is 5.29. The van der Waals surface area contributed by atoms with Crippen molar-refractivity contribution in [3.63, 3.8) is 0 Å². The molecular formula is C15H19BrFN3. The van der Waals surface area contributed by atoms with Gasteiger partial charge in [-0.05, 0) is 41.4 Å². The Balaban J connectivity index is 2.17. The van der Waals surface area contributed by atoms with Crippen LogP contribution < -0.4 is 5.32 Å². The molecule has 0 bridgehead atoms. The van der Waals surface area contributed by atoms with Crippen molar-refractivity contribution in [1.29, 1.82) is 0 Å². The number of hydrogen-bond donors (Lipinski definition) is 1. The van der Waals surface area contributed by atoms with Crippen molar-refractivity contribution >= 4 is 32.8 Å². The molecule has 1 aromatic carbocycles. The quantitative estimate of drug-likeness (QED) is 0.765. The van der Waals surface area contributed by atoms with Crippen LogP contribution in [0.4, 0.5) is 10.2 Å². The molecule has 5 heteroatoms. The maximum absolute atomic E-state index is 13.5. The third-order valence-corrected chi connectivity index (χ3v) is 3.98. The zero-order valence-electron chi connectivity index (χ0n) is 11.8. The second-order valence-corrected chi connectivity index (χ2v) is 5.67. The van der Waals surface area contributed by atoms with Gasteiger partial charge in [-0.1, -0.05) is 26.2 Å². The summed E-state index contributed by atoms with van der Waals surface area (Å²) in [6, 6.07) is 3.05. The van der Waals surface area contributed by atoms with E-state index < -0.39 is 0 Å². The van der Waals surface area contributed by atoms with Gasteiger partial charge in [0, 0.05) is 6.54 Å². The predicted molar refractivity (Wildman–Crippen MR) is 84.6 cm³/mol. The number of hydrogen-bond acceptors (Lipinski definition) is 3. The Hall–Kier alpha value is -1.23. The summed E-state index contributed by atoms with van der Waals surface area (Å²) >= 11 is 3.24. The highest BCUT2D eigenvalue weighted by molar-refractivity contribution is 9.10. The maximum atomic E-state index is 13.5. The summed E-state index contributed by atoms with van der Waals surface area (Å²) in [6.07, 6.45) is 4.79.